The average Bonchev–Trinajstić information content (AvgIpc) is 3.16. The van der Waals surface area contributed by atoms with Crippen molar-refractivity contribution < 1.29 is 13.2 Å². The topological polar surface area (TPSA) is 78.5 Å². The molecule has 0 unspecified atom stereocenters. The largest absolute Gasteiger partial charge is 0.334 e. The standard InChI is InChI=1S/C18H20ClN3O3S/c19-15-6-3-5-14(11-15)13-20-18(23)21-16-7-4-8-17(12-16)26(24,25)22-9-1-2-10-22/h3-8,11-12H,1-2,9-10,13H2,(H2,20,21,23). The van der Waals surface area contributed by atoms with Crippen LogP contribution in [0.4, 0.5) is 10.5 Å². The van der Waals surface area contributed by atoms with E-state index in [2.05, 4.69) is 10.6 Å². The number of halogens is 1. The van der Waals surface area contributed by atoms with E-state index in [9.17, 15) is 13.2 Å². The normalized spacial score (nSPS) is 15.0. The van der Waals surface area contributed by atoms with Crippen molar-refractivity contribution in [2.45, 2.75) is 24.3 Å². The zero-order valence-corrected chi connectivity index (χ0v) is 15.7. The minimum atomic E-state index is -3.51. The number of nitrogens with zero attached hydrogens (tertiary/aromatic N) is 1. The van der Waals surface area contributed by atoms with Gasteiger partial charge in [-0.1, -0.05) is 29.8 Å². The highest BCUT2D eigenvalue weighted by atomic mass is 35.5. The van der Waals surface area contributed by atoms with Crippen LogP contribution in [0.2, 0.25) is 5.02 Å². The van der Waals surface area contributed by atoms with Crippen LogP contribution >= 0.6 is 11.6 Å². The molecule has 2 aromatic carbocycles. The first-order chi connectivity index (χ1) is 12.4. The molecule has 0 bridgehead atoms. The highest BCUT2D eigenvalue weighted by molar-refractivity contribution is 7.89. The smallest absolute Gasteiger partial charge is 0.319 e. The summed E-state index contributed by atoms with van der Waals surface area (Å²) in [5, 5.41) is 5.98. The molecule has 1 heterocycles. The van der Waals surface area contributed by atoms with Gasteiger partial charge in [0.05, 0.1) is 4.90 Å². The zero-order chi connectivity index (χ0) is 18.6. The van der Waals surface area contributed by atoms with E-state index in [1.54, 1.807) is 30.3 Å². The van der Waals surface area contributed by atoms with E-state index >= 15 is 0 Å². The second-order valence-corrected chi connectivity index (χ2v) is 8.45. The van der Waals surface area contributed by atoms with Crippen molar-refractivity contribution >= 4 is 33.3 Å². The molecule has 0 spiro atoms. The van der Waals surface area contributed by atoms with E-state index in [1.165, 1.54) is 10.4 Å². The summed E-state index contributed by atoms with van der Waals surface area (Å²) in [6.07, 6.45) is 1.76. The highest BCUT2D eigenvalue weighted by Gasteiger charge is 2.27. The van der Waals surface area contributed by atoms with Crippen LogP contribution in [0.3, 0.4) is 0 Å². The molecule has 2 aromatic rings. The molecule has 138 valence electrons. The maximum Gasteiger partial charge on any atom is 0.319 e. The van der Waals surface area contributed by atoms with Crippen LogP contribution in [0.15, 0.2) is 53.4 Å². The summed E-state index contributed by atoms with van der Waals surface area (Å²) in [7, 11) is -3.51. The minimum absolute atomic E-state index is 0.187. The molecule has 0 radical (unpaired) electrons. The molecule has 2 N–H and O–H groups in total. The van der Waals surface area contributed by atoms with E-state index in [-0.39, 0.29) is 4.90 Å². The Labute approximate surface area is 158 Å². The fourth-order valence-electron chi connectivity index (χ4n) is 2.82. The number of carbonyl (C=O) groups is 1. The number of rotatable bonds is 5. The molecule has 26 heavy (non-hydrogen) atoms. The second kappa shape index (κ2) is 8.07. The van der Waals surface area contributed by atoms with Crippen molar-refractivity contribution in [2.75, 3.05) is 18.4 Å². The number of hydrogen-bond donors (Lipinski definition) is 2. The van der Waals surface area contributed by atoms with Gasteiger partial charge in [-0.3, -0.25) is 0 Å². The Kier molecular flexibility index (Phi) is 5.80. The van der Waals surface area contributed by atoms with Gasteiger partial charge in [-0.05, 0) is 48.7 Å². The molecule has 3 rings (SSSR count). The van der Waals surface area contributed by atoms with Crippen molar-refractivity contribution in [1.82, 2.24) is 9.62 Å². The Hall–Kier alpha value is -2.09. The Bertz CT molecular complexity index is 896. The highest BCUT2D eigenvalue weighted by Crippen LogP contribution is 2.23. The first-order valence-electron chi connectivity index (χ1n) is 8.35. The van der Waals surface area contributed by atoms with Gasteiger partial charge in [0.25, 0.3) is 0 Å². The summed E-state index contributed by atoms with van der Waals surface area (Å²) in [5.74, 6) is 0. The molecule has 0 aliphatic carbocycles. The first-order valence-corrected chi connectivity index (χ1v) is 10.2. The summed E-state index contributed by atoms with van der Waals surface area (Å²) in [5.41, 5.74) is 1.30. The number of benzene rings is 2. The van der Waals surface area contributed by atoms with Crippen LogP contribution < -0.4 is 10.6 Å². The summed E-state index contributed by atoms with van der Waals surface area (Å²) in [4.78, 5) is 12.3. The SMILES string of the molecule is O=C(NCc1cccc(Cl)c1)Nc1cccc(S(=O)(=O)N2CCCC2)c1. The zero-order valence-electron chi connectivity index (χ0n) is 14.1. The van der Waals surface area contributed by atoms with Gasteiger partial charge in [0.1, 0.15) is 0 Å². The Morgan fingerprint density at radius 1 is 1.08 bits per heavy atom. The predicted molar refractivity (Wildman–Crippen MR) is 102 cm³/mol. The van der Waals surface area contributed by atoms with Crippen molar-refractivity contribution in [3.8, 4) is 0 Å². The lowest BCUT2D eigenvalue weighted by Crippen LogP contribution is -2.29. The van der Waals surface area contributed by atoms with Crippen LogP contribution in [0.1, 0.15) is 18.4 Å². The number of nitrogens with one attached hydrogen (secondary N) is 2. The van der Waals surface area contributed by atoms with Gasteiger partial charge in [0.15, 0.2) is 0 Å². The number of hydrogen-bond acceptors (Lipinski definition) is 3. The van der Waals surface area contributed by atoms with Crippen LogP contribution in [0.5, 0.6) is 0 Å². The van der Waals surface area contributed by atoms with Gasteiger partial charge in [0.2, 0.25) is 10.0 Å². The summed E-state index contributed by atoms with van der Waals surface area (Å²) >= 11 is 5.91. The third kappa shape index (κ3) is 4.55. The molecule has 0 atom stereocenters. The number of anilines is 1. The molecule has 8 heteroatoms. The van der Waals surface area contributed by atoms with Gasteiger partial charge in [-0.2, -0.15) is 4.31 Å². The van der Waals surface area contributed by atoms with Crippen molar-refractivity contribution in [3.05, 3.63) is 59.1 Å². The third-order valence-electron chi connectivity index (χ3n) is 4.14. The number of amides is 2. The molecule has 6 nitrogen and oxygen atoms in total. The van der Waals surface area contributed by atoms with Crippen LogP contribution in [0, 0.1) is 0 Å². The van der Waals surface area contributed by atoms with Crippen LogP contribution in [-0.4, -0.2) is 31.8 Å². The fraction of sp³-hybridized carbons (Fsp3) is 0.278. The lowest BCUT2D eigenvalue weighted by molar-refractivity contribution is 0.251. The van der Waals surface area contributed by atoms with Crippen LogP contribution in [-0.2, 0) is 16.6 Å². The van der Waals surface area contributed by atoms with Gasteiger partial charge in [0, 0.05) is 30.3 Å². The van der Waals surface area contributed by atoms with Gasteiger partial charge in [-0.15, -0.1) is 0 Å². The van der Waals surface area contributed by atoms with Crippen molar-refractivity contribution in [3.63, 3.8) is 0 Å². The summed E-state index contributed by atoms with van der Waals surface area (Å²) in [6, 6.07) is 13.1. The van der Waals surface area contributed by atoms with E-state index in [0.29, 0.717) is 30.3 Å². The molecular weight excluding hydrogens is 374 g/mol. The van der Waals surface area contributed by atoms with Crippen LogP contribution in [0.25, 0.3) is 0 Å². The Balaban J connectivity index is 1.64. The monoisotopic (exact) mass is 393 g/mol. The molecule has 1 aliphatic rings. The quantitative estimate of drug-likeness (QED) is 0.816. The molecular formula is C18H20ClN3O3S. The first kappa shape index (κ1) is 18.7. The molecule has 1 fully saturated rings. The van der Waals surface area contributed by atoms with Gasteiger partial charge in [-0.25, -0.2) is 13.2 Å². The summed E-state index contributed by atoms with van der Waals surface area (Å²) < 4.78 is 26.7. The van der Waals surface area contributed by atoms with Crippen molar-refractivity contribution in [2.24, 2.45) is 0 Å². The number of urea groups is 1. The third-order valence-corrected chi connectivity index (χ3v) is 6.27. The number of carbonyl (C=O) groups excluding carboxylic acids is 1. The lowest BCUT2D eigenvalue weighted by Gasteiger charge is -2.16. The Morgan fingerprint density at radius 3 is 2.54 bits per heavy atom. The molecule has 1 aliphatic heterocycles. The molecule has 0 saturated carbocycles. The molecule has 2 amide bonds. The number of sulfonamides is 1. The summed E-state index contributed by atoms with van der Waals surface area (Å²) in [6.45, 7) is 1.40. The Morgan fingerprint density at radius 2 is 1.81 bits per heavy atom. The van der Waals surface area contributed by atoms with E-state index in [0.717, 1.165) is 18.4 Å². The van der Waals surface area contributed by atoms with Gasteiger partial charge < -0.3 is 10.6 Å². The molecule has 1 saturated heterocycles. The van der Waals surface area contributed by atoms with Crippen molar-refractivity contribution in [1.29, 1.82) is 0 Å². The maximum atomic E-state index is 12.6. The minimum Gasteiger partial charge on any atom is -0.334 e. The van der Waals surface area contributed by atoms with E-state index in [1.807, 2.05) is 12.1 Å². The van der Waals surface area contributed by atoms with E-state index < -0.39 is 16.1 Å². The molecule has 0 aromatic heterocycles. The fourth-order valence-corrected chi connectivity index (χ4v) is 4.59. The average molecular weight is 394 g/mol. The maximum absolute atomic E-state index is 12.6. The predicted octanol–water partition coefficient (Wildman–Crippen LogP) is 3.45. The second-order valence-electron chi connectivity index (χ2n) is 6.08. The van der Waals surface area contributed by atoms with Gasteiger partial charge >= 0.3 is 6.03 Å². The van der Waals surface area contributed by atoms with E-state index in [4.69, 9.17) is 11.6 Å². The lowest BCUT2D eigenvalue weighted by atomic mass is 10.2.